The summed E-state index contributed by atoms with van der Waals surface area (Å²) in [5, 5.41) is 9.93. The summed E-state index contributed by atoms with van der Waals surface area (Å²) >= 11 is 0. The monoisotopic (exact) mass is 389 g/mol. The van der Waals surface area contributed by atoms with Crippen LogP contribution >= 0.6 is 0 Å². The Kier molecular flexibility index (Phi) is 7.14. The second-order valence-electron chi connectivity index (χ2n) is 7.60. The second kappa shape index (κ2) is 9.78. The smallest absolute Gasteiger partial charge is 0.254 e. The van der Waals surface area contributed by atoms with Crippen molar-refractivity contribution < 1.29 is 19.4 Å². The van der Waals surface area contributed by atoms with Crippen LogP contribution in [0.5, 0.6) is 11.5 Å². The average Bonchev–Trinajstić information content (AvgIpc) is 3.10. The molecule has 0 unspecified atom stereocenters. The van der Waals surface area contributed by atoms with Crippen LogP contribution in [0.25, 0.3) is 0 Å². The Labute approximate surface area is 166 Å². The van der Waals surface area contributed by atoms with E-state index in [-0.39, 0.29) is 17.6 Å². The first-order valence-corrected chi connectivity index (χ1v) is 10.2. The Hall–Kier alpha value is -2.28. The Morgan fingerprint density at radius 3 is 2.29 bits per heavy atom. The van der Waals surface area contributed by atoms with E-state index in [4.69, 9.17) is 4.74 Å². The van der Waals surface area contributed by atoms with Gasteiger partial charge < -0.3 is 19.6 Å². The Balaban J connectivity index is 1.55. The van der Waals surface area contributed by atoms with Gasteiger partial charge in [-0.25, -0.2) is 0 Å². The van der Waals surface area contributed by atoms with E-state index in [1.165, 1.54) is 38.9 Å². The van der Waals surface area contributed by atoms with Crippen molar-refractivity contribution in [2.24, 2.45) is 0 Å². The number of rotatable bonds is 4. The standard InChI is InChI=1S/C21H31N3O4/c1-28-19-8-7-17(15-18(19)25)21(27)24-12-6-11-23(13-14-24)20(26)16-22-9-4-2-3-5-10-22/h7-8,15,25H,2-6,9-14,16H2,1H3. The molecular formula is C21H31N3O4. The molecule has 0 aromatic heterocycles. The molecule has 0 aliphatic carbocycles. The predicted octanol–water partition coefficient (Wildman–Crippen LogP) is 1.95. The number of hydrogen-bond acceptors (Lipinski definition) is 5. The van der Waals surface area contributed by atoms with Crippen LogP contribution in [-0.4, -0.2) is 84.5 Å². The Morgan fingerprint density at radius 1 is 0.929 bits per heavy atom. The topological polar surface area (TPSA) is 73.3 Å². The van der Waals surface area contributed by atoms with Crippen LogP contribution in [0.4, 0.5) is 0 Å². The molecule has 7 heteroatoms. The largest absolute Gasteiger partial charge is 0.504 e. The highest BCUT2D eigenvalue weighted by Crippen LogP contribution is 2.27. The summed E-state index contributed by atoms with van der Waals surface area (Å²) in [5.74, 6) is 0.341. The number of hydrogen-bond donors (Lipinski definition) is 1. The molecule has 2 fully saturated rings. The van der Waals surface area contributed by atoms with Gasteiger partial charge in [0.05, 0.1) is 13.7 Å². The molecule has 1 aromatic rings. The molecule has 2 heterocycles. The summed E-state index contributed by atoms with van der Waals surface area (Å²) in [4.78, 5) is 31.4. The normalized spacial score (nSPS) is 19.0. The quantitative estimate of drug-likeness (QED) is 0.852. The van der Waals surface area contributed by atoms with E-state index in [1.807, 2.05) is 4.90 Å². The van der Waals surface area contributed by atoms with Gasteiger partial charge in [-0.15, -0.1) is 0 Å². The zero-order valence-electron chi connectivity index (χ0n) is 16.7. The number of phenolic OH excluding ortho intramolecular Hbond substituents is 1. The molecule has 0 bridgehead atoms. The highest BCUT2D eigenvalue weighted by atomic mass is 16.5. The number of benzene rings is 1. The first-order valence-electron chi connectivity index (χ1n) is 10.2. The van der Waals surface area contributed by atoms with Crippen molar-refractivity contribution in [3.63, 3.8) is 0 Å². The molecule has 2 amide bonds. The molecule has 0 atom stereocenters. The highest BCUT2D eigenvalue weighted by molar-refractivity contribution is 5.95. The fourth-order valence-electron chi connectivity index (χ4n) is 3.96. The predicted molar refractivity (Wildman–Crippen MR) is 107 cm³/mol. The van der Waals surface area contributed by atoms with Crippen LogP contribution < -0.4 is 4.74 Å². The molecule has 2 aliphatic rings. The van der Waals surface area contributed by atoms with Crippen LogP contribution in [0.1, 0.15) is 42.5 Å². The number of carbonyl (C=O) groups is 2. The van der Waals surface area contributed by atoms with E-state index in [1.54, 1.807) is 17.0 Å². The maximum atomic E-state index is 12.8. The molecule has 28 heavy (non-hydrogen) atoms. The van der Waals surface area contributed by atoms with E-state index in [0.717, 1.165) is 19.5 Å². The third-order valence-electron chi connectivity index (χ3n) is 5.62. The summed E-state index contributed by atoms with van der Waals surface area (Å²) in [6, 6.07) is 4.69. The van der Waals surface area contributed by atoms with Crippen molar-refractivity contribution in [3.05, 3.63) is 23.8 Å². The van der Waals surface area contributed by atoms with Crippen LogP contribution in [0.2, 0.25) is 0 Å². The van der Waals surface area contributed by atoms with Gasteiger partial charge in [0.1, 0.15) is 0 Å². The van der Waals surface area contributed by atoms with Crippen molar-refractivity contribution in [2.75, 3.05) is 52.9 Å². The third kappa shape index (κ3) is 5.16. The lowest BCUT2D eigenvalue weighted by Gasteiger charge is -2.26. The lowest BCUT2D eigenvalue weighted by molar-refractivity contribution is -0.132. The highest BCUT2D eigenvalue weighted by Gasteiger charge is 2.24. The fraction of sp³-hybridized carbons (Fsp3) is 0.619. The fourth-order valence-corrected chi connectivity index (χ4v) is 3.96. The Morgan fingerprint density at radius 2 is 1.61 bits per heavy atom. The molecule has 0 radical (unpaired) electrons. The summed E-state index contributed by atoms with van der Waals surface area (Å²) in [7, 11) is 1.47. The molecule has 3 rings (SSSR count). The van der Waals surface area contributed by atoms with Crippen molar-refractivity contribution >= 4 is 11.8 Å². The van der Waals surface area contributed by atoms with E-state index >= 15 is 0 Å². The van der Waals surface area contributed by atoms with Gasteiger partial charge >= 0.3 is 0 Å². The van der Waals surface area contributed by atoms with E-state index in [9.17, 15) is 14.7 Å². The van der Waals surface area contributed by atoms with Gasteiger partial charge in [-0.05, 0) is 50.6 Å². The maximum Gasteiger partial charge on any atom is 0.254 e. The first kappa shape index (κ1) is 20.5. The van der Waals surface area contributed by atoms with Gasteiger partial charge in [0.15, 0.2) is 11.5 Å². The van der Waals surface area contributed by atoms with E-state index in [2.05, 4.69) is 4.90 Å². The number of carbonyl (C=O) groups excluding carboxylic acids is 2. The van der Waals surface area contributed by atoms with Gasteiger partial charge in [0, 0.05) is 31.7 Å². The van der Waals surface area contributed by atoms with Crippen molar-refractivity contribution in [3.8, 4) is 11.5 Å². The zero-order valence-corrected chi connectivity index (χ0v) is 16.7. The number of methoxy groups -OCH3 is 1. The first-order chi connectivity index (χ1) is 13.6. The van der Waals surface area contributed by atoms with Gasteiger partial charge in [0.25, 0.3) is 5.91 Å². The molecule has 0 spiro atoms. The van der Waals surface area contributed by atoms with Crippen molar-refractivity contribution in [1.82, 2.24) is 14.7 Å². The second-order valence-corrected chi connectivity index (χ2v) is 7.60. The zero-order chi connectivity index (χ0) is 19.9. The van der Waals surface area contributed by atoms with Gasteiger partial charge in [0.2, 0.25) is 5.91 Å². The molecule has 154 valence electrons. The summed E-state index contributed by atoms with van der Waals surface area (Å²) in [6.07, 6.45) is 5.62. The summed E-state index contributed by atoms with van der Waals surface area (Å²) in [6.45, 7) is 4.86. The average molecular weight is 389 g/mol. The summed E-state index contributed by atoms with van der Waals surface area (Å²) < 4.78 is 5.03. The molecule has 7 nitrogen and oxygen atoms in total. The third-order valence-corrected chi connectivity index (χ3v) is 5.62. The lowest BCUT2D eigenvalue weighted by Crippen LogP contribution is -2.42. The minimum absolute atomic E-state index is 0.0440. The van der Waals surface area contributed by atoms with Gasteiger partial charge in [-0.1, -0.05) is 12.8 Å². The van der Waals surface area contributed by atoms with E-state index < -0.39 is 0 Å². The number of nitrogens with zero attached hydrogens (tertiary/aromatic N) is 3. The number of phenols is 1. The molecule has 1 N–H and O–H groups in total. The molecule has 0 saturated carbocycles. The molecule has 2 aliphatic heterocycles. The number of amides is 2. The van der Waals surface area contributed by atoms with Crippen LogP contribution in [0.3, 0.4) is 0 Å². The van der Waals surface area contributed by atoms with E-state index in [0.29, 0.717) is 44.0 Å². The summed E-state index contributed by atoms with van der Waals surface area (Å²) in [5.41, 5.74) is 0.433. The number of ether oxygens (including phenoxy) is 1. The minimum atomic E-state index is -0.125. The maximum absolute atomic E-state index is 12.8. The molecule has 2 saturated heterocycles. The van der Waals surface area contributed by atoms with Crippen LogP contribution in [0, 0.1) is 0 Å². The molecule has 1 aromatic carbocycles. The Bertz CT molecular complexity index is 686. The van der Waals surface area contributed by atoms with Crippen molar-refractivity contribution in [2.45, 2.75) is 32.1 Å². The lowest BCUT2D eigenvalue weighted by atomic mass is 10.1. The van der Waals surface area contributed by atoms with Gasteiger partial charge in [-0.3, -0.25) is 14.5 Å². The number of likely N-dealkylation sites (tertiary alicyclic amines) is 1. The minimum Gasteiger partial charge on any atom is -0.504 e. The van der Waals surface area contributed by atoms with Crippen molar-refractivity contribution in [1.29, 1.82) is 0 Å². The molecular weight excluding hydrogens is 358 g/mol. The number of aromatic hydroxyl groups is 1. The SMILES string of the molecule is COc1ccc(C(=O)N2CCCN(C(=O)CN3CCCCCC3)CC2)cc1O. The van der Waals surface area contributed by atoms with Crippen LogP contribution in [0.15, 0.2) is 18.2 Å². The van der Waals surface area contributed by atoms with Crippen LogP contribution in [-0.2, 0) is 4.79 Å². The van der Waals surface area contributed by atoms with Gasteiger partial charge in [-0.2, -0.15) is 0 Å².